The molecule has 0 amide bonds. The van der Waals surface area contributed by atoms with Crippen LogP contribution in [0.5, 0.6) is 0 Å². The second-order valence-corrected chi connectivity index (χ2v) is 5.78. The van der Waals surface area contributed by atoms with E-state index in [2.05, 4.69) is 43.9 Å². The van der Waals surface area contributed by atoms with Crippen LogP contribution in [0.25, 0.3) is 0 Å². The van der Waals surface area contributed by atoms with Crippen molar-refractivity contribution in [2.75, 3.05) is 18.0 Å². The standard InChI is InChI=1S/C15H24N2/c1-4-17-10-8-13-11-12(5-6-14(13)17)7-9-15(2,3)16/h5-6,11H,4,7-10,16H2,1-3H3. The van der Waals surface area contributed by atoms with Crippen LogP contribution in [-0.2, 0) is 12.8 Å². The van der Waals surface area contributed by atoms with Crippen LogP contribution < -0.4 is 10.6 Å². The van der Waals surface area contributed by atoms with Crippen LogP contribution in [0.2, 0.25) is 0 Å². The number of fused-ring (bicyclic) bond motifs is 1. The van der Waals surface area contributed by atoms with Gasteiger partial charge in [-0.2, -0.15) is 0 Å². The summed E-state index contributed by atoms with van der Waals surface area (Å²) in [5.41, 5.74) is 10.3. The zero-order chi connectivity index (χ0) is 12.5. The van der Waals surface area contributed by atoms with E-state index in [9.17, 15) is 0 Å². The molecule has 94 valence electrons. The molecule has 0 aliphatic carbocycles. The van der Waals surface area contributed by atoms with Gasteiger partial charge in [0, 0.05) is 24.3 Å². The minimum Gasteiger partial charge on any atom is -0.371 e. The average molecular weight is 232 g/mol. The van der Waals surface area contributed by atoms with Crippen molar-refractivity contribution in [2.24, 2.45) is 5.73 Å². The van der Waals surface area contributed by atoms with Crippen LogP contribution >= 0.6 is 0 Å². The fourth-order valence-corrected chi connectivity index (χ4v) is 2.47. The molecular weight excluding hydrogens is 208 g/mol. The molecule has 2 rings (SSSR count). The second kappa shape index (κ2) is 4.69. The molecule has 2 N–H and O–H groups in total. The van der Waals surface area contributed by atoms with Crippen molar-refractivity contribution in [3.05, 3.63) is 29.3 Å². The third kappa shape index (κ3) is 3.01. The van der Waals surface area contributed by atoms with Crippen LogP contribution in [-0.4, -0.2) is 18.6 Å². The van der Waals surface area contributed by atoms with Crippen LogP contribution in [0.15, 0.2) is 18.2 Å². The lowest BCUT2D eigenvalue weighted by Crippen LogP contribution is -2.32. The van der Waals surface area contributed by atoms with Crippen molar-refractivity contribution in [3.63, 3.8) is 0 Å². The summed E-state index contributed by atoms with van der Waals surface area (Å²) in [6.07, 6.45) is 3.33. The molecule has 0 radical (unpaired) electrons. The second-order valence-electron chi connectivity index (χ2n) is 5.78. The number of aryl methyl sites for hydroxylation is 1. The maximum Gasteiger partial charge on any atom is 0.0399 e. The van der Waals surface area contributed by atoms with Crippen molar-refractivity contribution in [1.29, 1.82) is 0 Å². The van der Waals surface area contributed by atoms with Crippen LogP contribution in [0.4, 0.5) is 5.69 Å². The van der Waals surface area contributed by atoms with Crippen molar-refractivity contribution in [2.45, 2.75) is 45.6 Å². The highest BCUT2D eigenvalue weighted by molar-refractivity contribution is 5.59. The van der Waals surface area contributed by atoms with Gasteiger partial charge < -0.3 is 10.6 Å². The highest BCUT2D eigenvalue weighted by Gasteiger charge is 2.18. The summed E-state index contributed by atoms with van der Waals surface area (Å²) in [7, 11) is 0. The highest BCUT2D eigenvalue weighted by atomic mass is 15.1. The molecule has 2 nitrogen and oxygen atoms in total. The Balaban J connectivity index is 2.08. The smallest absolute Gasteiger partial charge is 0.0399 e. The molecule has 1 aliphatic heterocycles. The predicted molar refractivity (Wildman–Crippen MR) is 74.6 cm³/mol. The molecule has 1 aromatic rings. The molecular formula is C15H24N2. The number of anilines is 1. The Morgan fingerprint density at radius 1 is 1.35 bits per heavy atom. The molecule has 0 fully saturated rings. The Hall–Kier alpha value is -1.02. The van der Waals surface area contributed by atoms with Crippen LogP contribution in [0, 0.1) is 0 Å². The third-order valence-electron chi connectivity index (χ3n) is 3.58. The zero-order valence-electron chi connectivity index (χ0n) is 11.3. The number of benzene rings is 1. The van der Waals surface area contributed by atoms with Gasteiger partial charge in [-0.3, -0.25) is 0 Å². The first-order chi connectivity index (χ1) is 7.99. The molecule has 0 unspecified atom stereocenters. The average Bonchev–Trinajstić information content (AvgIpc) is 2.67. The maximum atomic E-state index is 6.03. The maximum absolute atomic E-state index is 6.03. The van der Waals surface area contributed by atoms with Crippen molar-refractivity contribution < 1.29 is 0 Å². The molecule has 17 heavy (non-hydrogen) atoms. The zero-order valence-corrected chi connectivity index (χ0v) is 11.3. The van der Waals surface area contributed by atoms with Gasteiger partial charge in [0.1, 0.15) is 0 Å². The summed E-state index contributed by atoms with van der Waals surface area (Å²) >= 11 is 0. The summed E-state index contributed by atoms with van der Waals surface area (Å²) in [5, 5.41) is 0. The van der Waals surface area contributed by atoms with Crippen molar-refractivity contribution >= 4 is 5.69 Å². The summed E-state index contributed by atoms with van der Waals surface area (Å²) in [4.78, 5) is 2.45. The lowest BCUT2D eigenvalue weighted by atomic mass is 9.95. The van der Waals surface area contributed by atoms with E-state index in [-0.39, 0.29) is 5.54 Å². The lowest BCUT2D eigenvalue weighted by Gasteiger charge is -2.19. The van der Waals surface area contributed by atoms with Crippen molar-refractivity contribution in [1.82, 2.24) is 0 Å². The third-order valence-corrected chi connectivity index (χ3v) is 3.58. The van der Waals surface area contributed by atoms with E-state index in [1.165, 1.54) is 29.8 Å². The van der Waals surface area contributed by atoms with Crippen molar-refractivity contribution in [3.8, 4) is 0 Å². The van der Waals surface area contributed by atoms with Gasteiger partial charge in [-0.05, 0) is 57.2 Å². The van der Waals surface area contributed by atoms with Gasteiger partial charge >= 0.3 is 0 Å². The molecule has 1 heterocycles. The summed E-state index contributed by atoms with van der Waals surface area (Å²) < 4.78 is 0. The molecule has 1 aromatic carbocycles. The number of nitrogens with two attached hydrogens (primary N) is 1. The fraction of sp³-hybridized carbons (Fsp3) is 0.600. The molecule has 0 aromatic heterocycles. The minimum absolute atomic E-state index is 0.0610. The van der Waals surface area contributed by atoms with E-state index in [1.807, 2.05) is 0 Å². The number of nitrogens with zero attached hydrogens (tertiary/aromatic N) is 1. The number of likely N-dealkylation sites (N-methyl/N-ethyl adjacent to an activating group) is 1. The first-order valence-electron chi connectivity index (χ1n) is 6.65. The first-order valence-corrected chi connectivity index (χ1v) is 6.65. The Morgan fingerprint density at radius 3 is 2.76 bits per heavy atom. The lowest BCUT2D eigenvalue weighted by molar-refractivity contribution is 0.477. The normalized spacial score (nSPS) is 15.2. The van der Waals surface area contributed by atoms with Gasteiger partial charge in [-0.15, -0.1) is 0 Å². The van der Waals surface area contributed by atoms with E-state index >= 15 is 0 Å². The van der Waals surface area contributed by atoms with E-state index in [4.69, 9.17) is 5.73 Å². The Morgan fingerprint density at radius 2 is 2.12 bits per heavy atom. The van der Waals surface area contributed by atoms with Gasteiger partial charge in [0.2, 0.25) is 0 Å². The summed E-state index contributed by atoms with van der Waals surface area (Å²) in [6.45, 7) is 8.71. The molecule has 0 saturated heterocycles. The van der Waals surface area contributed by atoms with E-state index in [0.717, 1.165) is 19.4 Å². The predicted octanol–water partition coefficient (Wildman–Crippen LogP) is 2.74. The number of hydrogen-bond acceptors (Lipinski definition) is 2. The summed E-state index contributed by atoms with van der Waals surface area (Å²) in [5.74, 6) is 0. The fourth-order valence-electron chi connectivity index (χ4n) is 2.47. The Labute approximate surface area is 105 Å². The van der Waals surface area contributed by atoms with Crippen LogP contribution in [0.3, 0.4) is 0 Å². The number of hydrogen-bond donors (Lipinski definition) is 1. The highest BCUT2D eigenvalue weighted by Crippen LogP contribution is 2.29. The molecule has 0 spiro atoms. The van der Waals surface area contributed by atoms with Gasteiger partial charge in [0.05, 0.1) is 0 Å². The monoisotopic (exact) mass is 232 g/mol. The molecule has 1 aliphatic rings. The number of rotatable bonds is 4. The SMILES string of the molecule is CCN1CCc2cc(CCC(C)(C)N)ccc21. The van der Waals surface area contributed by atoms with E-state index < -0.39 is 0 Å². The first kappa shape index (κ1) is 12.4. The topological polar surface area (TPSA) is 29.3 Å². The van der Waals surface area contributed by atoms with Crippen LogP contribution in [0.1, 0.15) is 38.3 Å². The van der Waals surface area contributed by atoms with Gasteiger partial charge in [-0.25, -0.2) is 0 Å². The van der Waals surface area contributed by atoms with Gasteiger partial charge in [0.15, 0.2) is 0 Å². The summed E-state index contributed by atoms with van der Waals surface area (Å²) in [6, 6.07) is 6.92. The Kier molecular flexibility index (Phi) is 3.43. The molecule has 0 bridgehead atoms. The molecule has 0 saturated carbocycles. The molecule has 2 heteroatoms. The minimum atomic E-state index is -0.0610. The molecule has 0 atom stereocenters. The van der Waals surface area contributed by atoms with Gasteiger partial charge in [-0.1, -0.05) is 12.1 Å². The van der Waals surface area contributed by atoms with E-state index in [0.29, 0.717) is 0 Å². The quantitative estimate of drug-likeness (QED) is 0.865. The Bertz CT molecular complexity index is 390. The largest absolute Gasteiger partial charge is 0.371 e. The van der Waals surface area contributed by atoms with E-state index in [1.54, 1.807) is 0 Å². The van der Waals surface area contributed by atoms with Gasteiger partial charge in [0.25, 0.3) is 0 Å².